The van der Waals surface area contributed by atoms with E-state index in [2.05, 4.69) is 14.7 Å². The lowest BCUT2D eigenvalue weighted by molar-refractivity contribution is 0.0592. The fourth-order valence-electron chi connectivity index (χ4n) is 3.24. The number of carboxylic acids is 1. The van der Waals surface area contributed by atoms with Crippen LogP contribution in [0.3, 0.4) is 0 Å². The molecule has 0 aliphatic rings. The number of rotatable bonds is 6. The summed E-state index contributed by atoms with van der Waals surface area (Å²) in [7, 11) is 4.21. The van der Waals surface area contributed by atoms with E-state index < -0.39 is 11.9 Å². The van der Waals surface area contributed by atoms with Gasteiger partial charge < -0.3 is 19.3 Å². The van der Waals surface area contributed by atoms with Crippen molar-refractivity contribution in [3.63, 3.8) is 0 Å². The van der Waals surface area contributed by atoms with E-state index in [-0.39, 0.29) is 23.0 Å². The van der Waals surface area contributed by atoms with Gasteiger partial charge in [-0.1, -0.05) is 24.3 Å². The zero-order valence-electron chi connectivity index (χ0n) is 20.1. The largest absolute Gasteiger partial charge is 0.496 e. The maximum Gasteiger partial charge on any atom is 0.356 e. The van der Waals surface area contributed by atoms with Crippen molar-refractivity contribution < 1.29 is 37.7 Å². The number of benzene rings is 2. The summed E-state index contributed by atoms with van der Waals surface area (Å²) in [5, 5.41) is 8.83. The molecular weight excluding hydrogens is 486 g/mol. The van der Waals surface area contributed by atoms with Crippen LogP contribution in [0.15, 0.2) is 73.1 Å². The van der Waals surface area contributed by atoms with Gasteiger partial charge in [0, 0.05) is 35.7 Å². The summed E-state index contributed by atoms with van der Waals surface area (Å²) >= 11 is 0. The third-order valence-corrected chi connectivity index (χ3v) is 5.10. The highest BCUT2D eigenvalue weighted by atomic mass is 19.1. The molecule has 0 saturated heterocycles. The van der Waals surface area contributed by atoms with Gasteiger partial charge in [-0.25, -0.2) is 28.3 Å². The smallest absolute Gasteiger partial charge is 0.356 e. The van der Waals surface area contributed by atoms with Gasteiger partial charge in [-0.2, -0.15) is 0 Å². The van der Waals surface area contributed by atoms with Crippen molar-refractivity contribution in [2.75, 3.05) is 21.3 Å². The SMILES string of the molecule is COC(=O)c1cc(OC)c(-c2ccc(F)cc2)cn1.COc1cc(C(=O)O)ncc1-c1ccc(F)cc1. The van der Waals surface area contributed by atoms with E-state index in [0.29, 0.717) is 28.2 Å². The number of hydrogen-bond donors (Lipinski definition) is 1. The van der Waals surface area contributed by atoms with Crippen molar-refractivity contribution in [1.82, 2.24) is 9.97 Å². The number of nitrogens with zero attached hydrogens (tertiary/aromatic N) is 2. The number of esters is 1. The minimum Gasteiger partial charge on any atom is -0.496 e. The van der Waals surface area contributed by atoms with Gasteiger partial charge in [-0.3, -0.25) is 0 Å². The molecule has 0 saturated carbocycles. The van der Waals surface area contributed by atoms with Gasteiger partial charge in [-0.15, -0.1) is 0 Å². The number of ether oxygens (including phenoxy) is 3. The quantitative estimate of drug-likeness (QED) is 0.351. The van der Waals surface area contributed by atoms with E-state index in [1.165, 1.54) is 70.1 Å². The van der Waals surface area contributed by atoms with Crippen LogP contribution >= 0.6 is 0 Å². The molecule has 4 aromatic rings. The second-order valence-electron chi connectivity index (χ2n) is 7.35. The molecule has 2 aromatic heterocycles. The highest BCUT2D eigenvalue weighted by Gasteiger charge is 2.14. The lowest BCUT2D eigenvalue weighted by Gasteiger charge is -2.09. The average molecular weight is 508 g/mol. The Kier molecular flexibility index (Phi) is 8.82. The molecule has 0 fully saturated rings. The van der Waals surface area contributed by atoms with E-state index in [0.717, 1.165) is 5.56 Å². The molecule has 1 N–H and O–H groups in total. The molecule has 0 aliphatic carbocycles. The van der Waals surface area contributed by atoms with Crippen LogP contribution in [0.2, 0.25) is 0 Å². The molecule has 0 aliphatic heterocycles. The van der Waals surface area contributed by atoms with Crippen LogP contribution in [0, 0.1) is 11.6 Å². The van der Waals surface area contributed by atoms with Crippen LogP contribution in [0.4, 0.5) is 8.78 Å². The monoisotopic (exact) mass is 508 g/mol. The lowest BCUT2D eigenvalue weighted by atomic mass is 10.1. The number of hydrogen-bond acceptors (Lipinski definition) is 7. The molecule has 0 amide bonds. The third-order valence-electron chi connectivity index (χ3n) is 5.10. The summed E-state index contributed by atoms with van der Waals surface area (Å²) in [5.41, 5.74) is 2.81. The minimum atomic E-state index is -1.13. The lowest BCUT2D eigenvalue weighted by Crippen LogP contribution is -2.05. The van der Waals surface area contributed by atoms with Crippen LogP contribution in [-0.2, 0) is 4.74 Å². The normalized spacial score (nSPS) is 10.1. The molecule has 0 radical (unpaired) electrons. The molecule has 37 heavy (non-hydrogen) atoms. The van der Waals surface area contributed by atoms with E-state index in [9.17, 15) is 18.4 Å². The van der Waals surface area contributed by atoms with Crippen molar-refractivity contribution in [2.45, 2.75) is 0 Å². The Balaban J connectivity index is 0.000000206. The maximum absolute atomic E-state index is 12.9. The minimum absolute atomic E-state index is 0.0993. The first-order valence-corrected chi connectivity index (χ1v) is 10.7. The van der Waals surface area contributed by atoms with Gasteiger partial charge in [0.2, 0.25) is 0 Å². The van der Waals surface area contributed by atoms with Crippen molar-refractivity contribution in [2.24, 2.45) is 0 Å². The molecular formula is C27H22F2N2O6. The van der Waals surface area contributed by atoms with Gasteiger partial charge in [0.1, 0.15) is 23.1 Å². The molecule has 10 heteroatoms. The van der Waals surface area contributed by atoms with Crippen LogP contribution in [0.1, 0.15) is 21.0 Å². The average Bonchev–Trinajstić information content (AvgIpc) is 2.93. The van der Waals surface area contributed by atoms with Gasteiger partial charge in [-0.05, 0) is 35.4 Å². The number of aromatic nitrogens is 2. The first-order valence-electron chi connectivity index (χ1n) is 10.7. The number of carboxylic acid groups (broad SMARTS) is 1. The maximum atomic E-state index is 12.9. The molecule has 8 nitrogen and oxygen atoms in total. The summed E-state index contributed by atoms with van der Waals surface area (Å²) in [6.07, 6.45) is 2.90. The number of halogens is 2. The highest BCUT2D eigenvalue weighted by Crippen LogP contribution is 2.31. The number of methoxy groups -OCH3 is 3. The second kappa shape index (κ2) is 12.2. The van der Waals surface area contributed by atoms with Gasteiger partial charge >= 0.3 is 11.9 Å². The first-order chi connectivity index (χ1) is 17.8. The number of carbonyl (C=O) groups excluding carboxylic acids is 1. The summed E-state index contributed by atoms with van der Waals surface area (Å²) in [5.74, 6) is -1.46. The van der Waals surface area contributed by atoms with Crippen LogP contribution in [0.25, 0.3) is 22.3 Å². The van der Waals surface area contributed by atoms with Crippen LogP contribution < -0.4 is 9.47 Å². The van der Waals surface area contributed by atoms with E-state index in [1.54, 1.807) is 24.3 Å². The Morgan fingerprint density at radius 3 is 1.49 bits per heavy atom. The molecule has 0 spiro atoms. The number of carbonyl (C=O) groups is 2. The van der Waals surface area contributed by atoms with Gasteiger partial charge in [0.25, 0.3) is 0 Å². The number of aromatic carboxylic acids is 1. The summed E-state index contributed by atoms with van der Waals surface area (Å²) in [6.45, 7) is 0. The van der Waals surface area contributed by atoms with Gasteiger partial charge in [0.05, 0.1) is 21.3 Å². The molecule has 0 unspecified atom stereocenters. The molecule has 0 atom stereocenters. The molecule has 2 heterocycles. The standard InChI is InChI=1S/C14H12FNO3.C13H10FNO3/c1-18-13-7-12(14(17)19-2)16-8-11(13)9-3-5-10(15)6-4-9;1-18-12-6-11(13(16)17)15-7-10(12)8-2-4-9(14)5-3-8/h3-8H,1-2H3;2-7H,1H3,(H,16,17). The Morgan fingerprint density at radius 2 is 1.11 bits per heavy atom. The third kappa shape index (κ3) is 6.63. The number of pyridine rings is 2. The molecule has 190 valence electrons. The Bertz CT molecular complexity index is 1390. The summed E-state index contributed by atoms with van der Waals surface area (Å²) in [4.78, 5) is 30.0. The van der Waals surface area contributed by atoms with E-state index in [1.807, 2.05) is 0 Å². The molecule has 0 bridgehead atoms. The highest BCUT2D eigenvalue weighted by molar-refractivity contribution is 5.89. The van der Waals surface area contributed by atoms with Crippen molar-refractivity contribution in [3.05, 3.63) is 96.1 Å². The van der Waals surface area contributed by atoms with Crippen LogP contribution in [-0.4, -0.2) is 48.3 Å². The van der Waals surface area contributed by atoms with E-state index >= 15 is 0 Å². The second-order valence-corrected chi connectivity index (χ2v) is 7.35. The predicted octanol–water partition coefficient (Wildman–Crippen LogP) is 5.28. The van der Waals surface area contributed by atoms with Crippen LogP contribution in [0.5, 0.6) is 11.5 Å². The van der Waals surface area contributed by atoms with Crippen molar-refractivity contribution in [3.8, 4) is 33.8 Å². The fourth-order valence-corrected chi connectivity index (χ4v) is 3.24. The molecule has 2 aromatic carbocycles. The topological polar surface area (TPSA) is 108 Å². The Labute approximate surface area is 211 Å². The Morgan fingerprint density at radius 1 is 0.703 bits per heavy atom. The zero-order chi connectivity index (χ0) is 26.9. The fraction of sp³-hybridized carbons (Fsp3) is 0.111. The predicted molar refractivity (Wildman–Crippen MR) is 131 cm³/mol. The summed E-state index contributed by atoms with van der Waals surface area (Å²) in [6, 6.07) is 14.6. The summed E-state index contributed by atoms with van der Waals surface area (Å²) < 4.78 is 40.7. The van der Waals surface area contributed by atoms with E-state index in [4.69, 9.17) is 14.6 Å². The Hall–Kier alpha value is -4.86. The molecule has 4 rings (SSSR count). The zero-order valence-corrected chi connectivity index (χ0v) is 20.1. The van der Waals surface area contributed by atoms with Crippen molar-refractivity contribution in [1.29, 1.82) is 0 Å². The first kappa shape index (κ1) is 26.7. The van der Waals surface area contributed by atoms with Gasteiger partial charge in [0.15, 0.2) is 11.4 Å². The van der Waals surface area contributed by atoms with Crippen molar-refractivity contribution >= 4 is 11.9 Å².